The first kappa shape index (κ1) is 30.7. The van der Waals surface area contributed by atoms with Crippen molar-refractivity contribution < 1.29 is 0 Å². The summed E-state index contributed by atoms with van der Waals surface area (Å²) in [5, 5.41) is 28.7. The molecule has 5 fully saturated rings. The fourth-order valence-corrected chi connectivity index (χ4v) is 9.72. The number of hydrogen-bond donors (Lipinski definition) is 2. The molecule has 4 bridgehead atoms. The second kappa shape index (κ2) is 12.1. The van der Waals surface area contributed by atoms with Crippen LogP contribution < -0.4 is 10.6 Å². The first-order valence-corrected chi connectivity index (χ1v) is 17.9. The summed E-state index contributed by atoms with van der Waals surface area (Å²) in [4.78, 5) is 7.21. The van der Waals surface area contributed by atoms with Crippen LogP contribution in [0.3, 0.4) is 0 Å². The number of benzene rings is 2. The van der Waals surface area contributed by atoms with Gasteiger partial charge in [0.15, 0.2) is 0 Å². The molecule has 0 radical (unpaired) electrons. The number of aromatic nitrogens is 4. The molecule has 1 saturated heterocycles. The van der Waals surface area contributed by atoms with Gasteiger partial charge in [0.25, 0.3) is 0 Å². The predicted octanol–water partition coefficient (Wildman–Crippen LogP) is 8.22. The van der Waals surface area contributed by atoms with Crippen molar-refractivity contribution in [3.8, 4) is 6.07 Å². The van der Waals surface area contributed by atoms with Gasteiger partial charge in [-0.05, 0) is 107 Å². The van der Waals surface area contributed by atoms with Gasteiger partial charge in [0.05, 0.1) is 40.1 Å². The molecule has 244 valence electrons. The number of piperidine rings is 1. The van der Waals surface area contributed by atoms with Crippen LogP contribution in [0.25, 0.3) is 10.9 Å². The van der Waals surface area contributed by atoms with Crippen LogP contribution in [0.4, 0.5) is 11.4 Å². The molecule has 0 spiro atoms. The molecule has 1 atom stereocenters. The predicted molar refractivity (Wildman–Crippen MR) is 187 cm³/mol. The number of nitrogens with one attached hydrogen (secondary N) is 2. The van der Waals surface area contributed by atoms with Crippen LogP contribution in [0.5, 0.6) is 0 Å². The SMILES string of the molecule is CC(C)(C)N1CCC(n2cc([C@@H](Nc3cc(Cl)c4ncc(C#N)c(NC5C6CC7CC(C6)CC5C7)c4c3)c3ccccc3)nn2)CC1. The number of fused-ring (bicyclic) bond motifs is 1. The van der Waals surface area contributed by atoms with Crippen molar-refractivity contribution in [1.29, 1.82) is 5.26 Å². The lowest BCUT2D eigenvalue weighted by Gasteiger charge is -2.54. The minimum atomic E-state index is -0.235. The van der Waals surface area contributed by atoms with Crippen LogP contribution in [0.15, 0.2) is 54.9 Å². The summed E-state index contributed by atoms with van der Waals surface area (Å²) in [5.74, 6) is 3.11. The van der Waals surface area contributed by atoms with E-state index in [1.807, 2.05) is 12.1 Å². The third-order valence-corrected chi connectivity index (χ3v) is 11.9. The molecule has 4 saturated carbocycles. The van der Waals surface area contributed by atoms with Crippen molar-refractivity contribution >= 4 is 33.9 Å². The van der Waals surface area contributed by atoms with E-state index in [1.165, 1.54) is 32.1 Å². The molecule has 2 N–H and O–H groups in total. The standard InChI is InChI=1S/C38H45ClN8/c1-38(2,3)46-11-9-30(10-12-46)47-22-33(44-45-47)36(25-7-5-4-6-8-25)42-29-18-31-35(28(20-40)21-41-37(31)32(39)19-29)43-34-26-14-23-13-24(16-26)17-27(34)15-23/h4-8,18-19,21-24,26-27,30,34,36,42H,9-17H2,1-3H3,(H,41,43)/t23?,24?,26?,27?,34?,36-/m0/s1. The highest BCUT2D eigenvalue weighted by Gasteiger charge is 2.48. The highest BCUT2D eigenvalue weighted by molar-refractivity contribution is 6.35. The van der Waals surface area contributed by atoms with Crippen molar-refractivity contribution in [2.24, 2.45) is 23.7 Å². The van der Waals surface area contributed by atoms with E-state index in [0.29, 0.717) is 40.0 Å². The van der Waals surface area contributed by atoms with Crippen LogP contribution in [-0.4, -0.2) is 49.5 Å². The van der Waals surface area contributed by atoms with Crippen molar-refractivity contribution in [3.05, 3.63) is 76.7 Å². The van der Waals surface area contributed by atoms with Crippen molar-refractivity contribution in [3.63, 3.8) is 0 Å². The molecule has 0 unspecified atom stereocenters. The molecule has 0 amide bonds. The van der Waals surface area contributed by atoms with Crippen molar-refractivity contribution in [1.82, 2.24) is 24.9 Å². The molecular formula is C38H45ClN8. The molecule has 8 nitrogen and oxygen atoms in total. The lowest BCUT2D eigenvalue weighted by molar-refractivity contribution is 0.00757. The van der Waals surface area contributed by atoms with Crippen LogP contribution in [-0.2, 0) is 0 Å². The number of halogens is 1. The Bertz CT molecular complexity index is 1770. The van der Waals surface area contributed by atoms with Crippen LogP contribution >= 0.6 is 11.6 Å². The van der Waals surface area contributed by atoms with Crippen molar-refractivity contribution in [2.45, 2.75) is 89.4 Å². The number of pyridine rings is 1. The highest BCUT2D eigenvalue weighted by Crippen LogP contribution is 2.54. The van der Waals surface area contributed by atoms with Crippen molar-refractivity contribution in [2.75, 3.05) is 23.7 Å². The smallest absolute Gasteiger partial charge is 0.109 e. The Morgan fingerprint density at radius 3 is 2.34 bits per heavy atom. The number of rotatable bonds is 7. The molecule has 9 heteroatoms. The zero-order chi connectivity index (χ0) is 32.3. The van der Waals surface area contributed by atoms with Gasteiger partial charge in [-0.2, -0.15) is 5.26 Å². The Morgan fingerprint density at radius 2 is 1.68 bits per heavy atom. The maximum Gasteiger partial charge on any atom is 0.109 e. The average molecular weight is 649 g/mol. The topological polar surface area (TPSA) is 94.7 Å². The lowest BCUT2D eigenvalue weighted by atomic mass is 9.54. The third-order valence-electron chi connectivity index (χ3n) is 11.6. The fourth-order valence-electron chi connectivity index (χ4n) is 9.45. The van der Waals surface area contributed by atoms with Crippen LogP contribution in [0, 0.1) is 35.0 Å². The van der Waals surface area contributed by atoms with Gasteiger partial charge in [0.1, 0.15) is 11.8 Å². The molecule has 9 rings (SSSR count). The molecule has 2 aromatic heterocycles. The number of anilines is 2. The summed E-state index contributed by atoms with van der Waals surface area (Å²) in [6.07, 6.45) is 12.5. The highest BCUT2D eigenvalue weighted by atomic mass is 35.5. The van der Waals surface area contributed by atoms with E-state index in [9.17, 15) is 5.26 Å². The number of likely N-dealkylation sites (tertiary alicyclic amines) is 1. The quantitative estimate of drug-likeness (QED) is 0.208. The summed E-state index contributed by atoms with van der Waals surface area (Å²) < 4.78 is 2.07. The van der Waals surface area contributed by atoms with Crippen LogP contribution in [0.1, 0.15) is 94.6 Å². The number of nitriles is 1. The Morgan fingerprint density at radius 1 is 0.979 bits per heavy atom. The Kier molecular flexibility index (Phi) is 7.89. The second-order valence-electron chi connectivity index (χ2n) is 15.6. The zero-order valence-electron chi connectivity index (χ0n) is 27.7. The third kappa shape index (κ3) is 5.87. The molecule has 47 heavy (non-hydrogen) atoms. The molecule has 4 aliphatic carbocycles. The van der Waals surface area contributed by atoms with Gasteiger partial charge in [-0.3, -0.25) is 9.88 Å². The number of nitrogens with zero attached hydrogens (tertiary/aromatic N) is 6. The average Bonchev–Trinajstić information content (AvgIpc) is 3.55. The van der Waals surface area contributed by atoms with Gasteiger partial charge in [0, 0.05) is 41.9 Å². The summed E-state index contributed by atoms with van der Waals surface area (Å²) >= 11 is 6.97. The summed E-state index contributed by atoms with van der Waals surface area (Å²) in [7, 11) is 0. The van der Waals surface area contributed by atoms with Gasteiger partial charge < -0.3 is 10.6 Å². The minimum Gasteiger partial charge on any atom is -0.380 e. The maximum absolute atomic E-state index is 10.2. The van der Waals surface area contributed by atoms with E-state index in [-0.39, 0.29) is 11.6 Å². The minimum absolute atomic E-state index is 0.177. The van der Waals surface area contributed by atoms with Crippen LogP contribution in [0.2, 0.25) is 5.02 Å². The molecule has 3 heterocycles. The summed E-state index contributed by atoms with van der Waals surface area (Å²) in [6.45, 7) is 8.97. The van der Waals surface area contributed by atoms with E-state index >= 15 is 0 Å². The Hall–Kier alpha value is -3.67. The van der Waals surface area contributed by atoms with E-state index in [0.717, 1.165) is 65.8 Å². The van der Waals surface area contributed by atoms with E-state index < -0.39 is 0 Å². The molecule has 5 aliphatic rings. The Balaban J connectivity index is 1.11. The molecule has 1 aliphatic heterocycles. The molecule has 2 aromatic carbocycles. The monoisotopic (exact) mass is 648 g/mol. The van der Waals surface area contributed by atoms with E-state index in [1.54, 1.807) is 6.20 Å². The summed E-state index contributed by atoms with van der Waals surface area (Å²) in [5.41, 5.74) is 5.14. The normalized spacial score (nSPS) is 26.7. The largest absolute Gasteiger partial charge is 0.380 e. The fraction of sp³-hybridized carbons (Fsp3) is 0.526. The zero-order valence-corrected chi connectivity index (χ0v) is 28.4. The second-order valence-corrected chi connectivity index (χ2v) is 16.0. The molecular weight excluding hydrogens is 604 g/mol. The summed E-state index contributed by atoms with van der Waals surface area (Å²) in [6, 6.07) is 17.3. The van der Waals surface area contributed by atoms with Gasteiger partial charge in [-0.1, -0.05) is 47.1 Å². The first-order valence-electron chi connectivity index (χ1n) is 17.5. The van der Waals surface area contributed by atoms with Gasteiger partial charge >= 0.3 is 0 Å². The van der Waals surface area contributed by atoms with Gasteiger partial charge in [0.2, 0.25) is 0 Å². The Labute approximate surface area is 282 Å². The maximum atomic E-state index is 10.2. The lowest BCUT2D eigenvalue weighted by Crippen LogP contribution is -2.51. The van der Waals surface area contributed by atoms with E-state index in [4.69, 9.17) is 16.7 Å². The number of hydrogen-bond acceptors (Lipinski definition) is 7. The first-order chi connectivity index (χ1) is 22.7. The van der Waals surface area contributed by atoms with Gasteiger partial charge in [-0.25, -0.2) is 4.68 Å². The van der Waals surface area contributed by atoms with Gasteiger partial charge in [-0.15, -0.1) is 5.10 Å². The van der Waals surface area contributed by atoms with E-state index in [2.05, 4.69) is 93.8 Å². The molecule has 4 aromatic rings.